The Morgan fingerprint density at radius 3 is 2.86 bits per heavy atom. The van der Waals surface area contributed by atoms with E-state index >= 15 is 0 Å². The summed E-state index contributed by atoms with van der Waals surface area (Å²) in [5.41, 5.74) is 1.36. The first kappa shape index (κ1) is 14.2. The van der Waals surface area contributed by atoms with Crippen molar-refractivity contribution in [2.45, 2.75) is 32.4 Å². The summed E-state index contributed by atoms with van der Waals surface area (Å²) < 4.78 is 5.05. The third-order valence-electron chi connectivity index (χ3n) is 3.99. The van der Waals surface area contributed by atoms with Crippen molar-refractivity contribution in [2.75, 3.05) is 19.6 Å². The number of piperazine rings is 1. The highest BCUT2D eigenvalue weighted by Gasteiger charge is 2.26. The fourth-order valence-electron chi connectivity index (χ4n) is 2.92. The van der Waals surface area contributed by atoms with E-state index in [-0.39, 0.29) is 0 Å². The summed E-state index contributed by atoms with van der Waals surface area (Å²) in [4.78, 5) is 6.81. The number of nitrogens with zero attached hydrogens (tertiary/aromatic N) is 3. The molecule has 1 aromatic carbocycles. The van der Waals surface area contributed by atoms with Crippen molar-refractivity contribution in [1.29, 1.82) is 0 Å². The van der Waals surface area contributed by atoms with Crippen molar-refractivity contribution in [3.63, 3.8) is 0 Å². The molecule has 3 rings (SSSR count). The topological polar surface area (TPSA) is 54.2 Å². The zero-order chi connectivity index (χ0) is 14.7. The first-order chi connectivity index (χ1) is 10.2. The van der Waals surface area contributed by atoms with Gasteiger partial charge in [0.05, 0.1) is 0 Å². The molecular formula is C16H22N4O. The molecule has 5 heteroatoms. The zero-order valence-corrected chi connectivity index (χ0v) is 12.6. The molecule has 1 aliphatic rings. The Labute approximate surface area is 125 Å². The first-order valence-electron chi connectivity index (χ1n) is 7.54. The van der Waals surface area contributed by atoms with Gasteiger partial charge in [-0.15, -0.1) is 0 Å². The molecule has 0 spiro atoms. The van der Waals surface area contributed by atoms with E-state index < -0.39 is 0 Å². The maximum atomic E-state index is 5.05. The van der Waals surface area contributed by atoms with Crippen LogP contribution in [0.4, 0.5) is 0 Å². The Morgan fingerprint density at radius 1 is 1.33 bits per heavy atom. The molecule has 1 N–H and O–H groups in total. The number of rotatable bonds is 4. The van der Waals surface area contributed by atoms with Crippen molar-refractivity contribution in [1.82, 2.24) is 20.4 Å². The number of aryl methyl sites for hydroxylation is 1. The van der Waals surface area contributed by atoms with Crippen LogP contribution >= 0.6 is 0 Å². The predicted molar refractivity (Wildman–Crippen MR) is 81.0 cm³/mol. The Hall–Kier alpha value is -1.72. The molecule has 0 saturated carbocycles. The summed E-state index contributed by atoms with van der Waals surface area (Å²) in [7, 11) is 0. The van der Waals surface area contributed by atoms with Gasteiger partial charge in [0.25, 0.3) is 0 Å². The van der Waals surface area contributed by atoms with Crippen LogP contribution in [-0.2, 0) is 6.42 Å². The fraction of sp³-hybridized carbons (Fsp3) is 0.500. The number of nitrogens with one attached hydrogen (secondary N) is 1. The summed E-state index contributed by atoms with van der Waals surface area (Å²) in [6.45, 7) is 7.03. The van der Waals surface area contributed by atoms with Crippen LogP contribution in [0.3, 0.4) is 0 Å². The molecule has 1 aliphatic heterocycles. The molecule has 2 atom stereocenters. The van der Waals surface area contributed by atoms with Crippen LogP contribution in [0.2, 0.25) is 0 Å². The van der Waals surface area contributed by atoms with Gasteiger partial charge in [0.15, 0.2) is 5.82 Å². The summed E-state index contributed by atoms with van der Waals surface area (Å²) in [5, 5.41) is 7.56. The molecule has 112 valence electrons. The van der Waals surface area contributed by atoms with Crippen LogP contribution in [0.1, 0.15) is 30.2 Å². The SMILES string of the molecule is Cc1nc(CCN2CC(C)NCC2c2ccccc2)no1. The van der Waals surface area contributed by atoms with Gasteiger partial charge >= 0.3 is 0 Å². The van der Waals surface area contributed by atoms with E-state index in [2.05, 4.69) is 57.6 Å². The minimum atomic E-state index is 0.412. The molecule has 0 bridgehead atoms. The van der Waals surface area contributed by atoms with Crippen molar-refractivity contribution >= 4 is 0 Å². The van der Waals surface area contributed by atoms with Gasteiger partial charge in [-0.3, -0.25) is 4.90 Å². The van der Waals surface area contributed by atoms with Crippen molar-refractivity contribution in [2.24, 2.45) is 0 Å². The normalized spacial score (nSPS) is 23.3. The first-order valence-corrected chi connectivity index (χ1v) is 7.54. The van der Waals surface area contributed by atoms with Gasteiger partial charge in [0.1, 0.15) is 0 Å². The van der Waals surface area contributed by atoms with Gasteiger partial charge < -0.3 is 9.84 Å². The number of benzene rings is 1. The highest BCUT2D eigenvalue weighted by atomic mass is 16.5. The smallest absolute Gasteiger partial charge is 0.223 e. The second kappa shape index (κ2) is 6.37. The van der Waals surface area contributed by atoms with Crippen molar-refractivity contribution < 1.29 is 4.52 Å². The van der Waals surface area contributed by atoms with E-state index in [1.165, 1.54) is 5.56 Å². The van der Waals surface area contributed by atoms with E-state index in [0.29, 0.717) is 18.0 Å². The van der Waals surface area contributed by atoms with Gasteiger partial charge in [-0.25, -0.2) is 0 Å². The monoisotopic (exact) mass is 286 g/mol. The van der Waals surface area contributed by atoms with Crippen LogP contribution in [0.25, 0.3) is 0 Å². The summed E-state index contributed by atoms with van der Waals surface area (Å²) in [6.07, 6.45) is 0.827. The van der Waals surface area contributed by atoms with Gasteiger partial charge in [-0.2, -0.15) is 4.98 Å². The second-order valence-electron chi connectivity index (χ2n) is 5.71. The third kappa shape index (κ3) is 3.49. The van der Waals surface area contributed by atoms with Crippen LogP contribution < -0.4 is 5.32 Å². The largest absolute Gasteiger partial charge is 0.340 e. The third-order valence-corrected chi connectivity index (χ3v) is 3.99. The van der Waals surface area contributed by atoms with Gasteiger partial charge in [0, 0.05) is 45.1 Å². The average Bonchev–Trinajstić information content (AvgIpc) is 2.92. The van der Waals surface area contributed by atoms with Gasteiger partial charge in [0.2, 0.25) is 5.89 Å². The molecule has 1 fully saturated rings. The lowest BCUT2D eigenvalue weighted by Gasteiger charge is -2.39. The van der Waals surface area contributed by atoms with Crippen LogP contribution in [-0.4, -0.2) is 40.7 Å². The van der Waals surface area contributed by atoms with Gasteiger partial charge in [-0.05, 0) is 12.5 Å². The Morgan fingerprint density at radius 2 is 2.14 bits per heavy atom. The standard InChI is InChI=1S/C16H22N4O/c1-12-11-20(9-8-16-18-13(2)21-19-16)15(10-17-12)14-6-4-3-5-7-14/h3-7,12,15,17H,8-11H2,1-2H3. The summed E-state index contributed by atoms with van der Waals surface area (Å²) >= 11 is 0. The highest BCUT2D eigenvalue weighted by molar-refractivity contribution is 5.20. The number of hydrogen-bond acceptors (Lipinski definition) is 5. The maximum absolute atomic E-state index is 5.05. The lowest BCUT2D eigenvalue weighted by molar-refractivity contribution is 0.136. The Balaban J connectivity index is 1.69. The van der Waals surface area contributed by atoms with E-state index in [0.717, 1.165) is 31.9 Å². The zero-order valence-electron chi connectivity index (χ0n) is 12.6. The van der Waals surface area contributed by atoms with E-state index in [9.17, 15) is 0 Å². The molecule has 5 nitrogen and oxygen atoms in total. The van der Waals surface area contributed by atoms with Crippen molar-refractivity contribution in [3.8, 4) is 0 Å². The summed E-state index contributed by atoms with van der Waals surface area (Å²) in [6, 6.07) is 11.6. The molecule has 0 amide bonds. The maximum Gasteiger partial charge on any atom is 0.223 e. The second-order valence-corrected chi connectivity index (χ2v) is 5.71. The summed E-state index contributed by atoms with van der Waals surface area (Å²) in [5.74, 6) is 1.43. The lowest BCUT2D eigenvalue weighted by atomic mass is 10.0. The van der Waals surface area contributed by atoms with E-state index in [4.69, 9.17) is 4.52 Å². The minimum Gasteiger partial charge on any atom is -0.340 e. The molecule has 2 heterocycles. The lowest BCUT2D eigenvalue weighted by Crippen LogP contribution is -2.51. The molecule has 1 aromatic heterocycles. The number of hydrogen-bond donors (Lipinski definition) is 1. The van der Waals surface area contributed by atoms with Crippen LogP contribution in [0, 0.1) is 6.92 Å². The van der Waals surface area contributed by atoms with Gasteiger partial charge in [-0.1, -0.05) is 35.5 Å². The Bertz CT molecular complexity index is 569. The predicted octanol–water partition coefficient (Wildman–Crippen LogP) is 1.96. The number of aromatic nitrogens is 2. The minimum absolute atomic E-state index is 0.412. The average molecular weight is 286 g/mol. The molecular weight excluding hydrogens is 264 g/mol. The quantitative estimate of drug-likeness (QED) is 0.931. The van der Waals surface area contributed by atoms with Crippen LogP contribution in [0.5, 0.6) is 0 Å². The van der Waals surface area contributed by atoms with E-state index in [1.807, 2.05) is 6.92 Å². The molecule has 1 saturated heterocycles. The van der Waals surface area contributed by atoms with E-state index in [1.54, 1.807) is 0 Å². The Kier molecular flexibility index (Phi) is 4.31. The molecule has 0 radical (unpaired) electrons. The molecule has 2 aromatic rings. The molecule has 0 aliphatic carbocycles. The fourth-order valence-corrected chi connectivity index (χ4v) is 2.92. The molecule has 2 unspecified atom stereocenters. The van der Waals surface area contributed by atoms with Crippen LogP contribution in [0.15, 0.2) is 34.9 Å². The van der Waals surface area contributed by atoms with Crippen molar-refractivity contribution in [3.05, 3.63) is 47.6 Å². The highest BCUT2D eigenvalue weighted by Crippen LogP contribution is 2.23. The molecule has 21 heavy (non-hydrogen) atoms.